The van der Waals surface area contributed by atoms with Crippen LogP contribution in [0.15, 0.2) is 24.8 Å². The van der Waals surface area contributed by atoms with Gasteiger partial charge >= 0.3 is 0 Å². The van der Waals surface area contributed by atoms with Gasteiger partial charge in [0.25, 0.3) is 5.91 Å². The summed E-state index contributed by atoms with van der Waals surface area (Å²) in [5.41, 5.74) is 4.67. The zero-order chi connectivity index (χ0) is 9.84. The molecule has 1 aromatic rings. The van der Waals surface area contributed by atoms with Crippen LogP contribution in [0.1, 0.15) is 21.5 Å². The van der Waals surface area contributed by atoms with E-state index in [0.29, 0.717) is 5.56 Å². The highest BCUT2D eigenvalue weighted by Crippen LogP contribution is 2.11. The molecular weight excluding hydrogens is 164 g/mol. The van der Waals surface area contributed by atoms with Gasteiger partial charge in [-0.2, -0.15) is 0 Å². The molecule has 1 amide bonds. The molecule has 0 heterocycles. The molecule has 0 unspecified atom stereocenters. The second kappa shape index (κ2) is 3.87. The Morgan fingerprint density at radius 2 is 2.31 bits per heavy atom. The summed E-state index contributed by atoms with van der Waals surface area (Å²) < 4.78 is 0. The lowest BCUT2D eigenvalue weighted by atomic mass is 10.1. The summed E-state index contributed by atoms with van der Waals surface area (Å²) in [7, 11) is 0. The topological polar surface area (TPSA) is 55.1 Å². The lowest BCUT2D eigenvalue weighted by molar-refractivity contribution is 0.0953. The maximum Gasteiger partial charge on any atom is 0.265 e. The third kappa shape index (κ3) is 1.95. The van der Waals surface area contributed by atoms with Crippen LogP contribution in [0.3, 0.4) is 0 Å². The number of aryl methyl sites for hydroxylation is 1. The van der Waals surface area contributed by atoms with E-state index in [9.17, 15) is 4.79 Å². The number of rotatable bonds is 2. The minimum Gasteiger partial charge on any atom is -0.290 e. The van der Waals surface area contributed by atoms with Crippen molar-refractivity contribution in [3.63, 3.8) is 0 Å². The summed E-state index contributed by atoms with van der Waals surface area (Å²) in [6, 6.07) is 5.33. The van der Waals surface area contributed by atoms with E-state index in [0.717, 1.165) is 11.1 Å². The molecule has 0 bridgehead atoms. The van der Waals surface area contributed by atoms with Crippen molar-refractivity contribution in [2.75, 3.05) is 0 Å². The first-order chi connectivity index (χ1) is 6.19. The average Bonchev–Trinajstić information content (AvgIpc) is 2.16. The quantitative estimate of drug-likeness (QED) is 0.404. The first-order valence-corrected chi connectivity index (χ1v) is 3.93. The van der Waals surface area contributed by atoms with Crippen LogP contribution >= 0.6 is 0 Å². The van der Waals surface area contributed by atoms with Gasteiger partial charge in [-0.1, -0.05) is 18.7 Å². The normalized spacial score (nSPS) is 9.38. The molecule has 1 aromatic carbocycles. The highest BCUT2D eigenvalue weighted by atomic mass is 16.2. The molecule has 3 nitrogen and oxygen atoms in total. The summed E-state index contributed by atoms with van der Waals surface area (Å²) in [5, 5.41) is 0. The Bertz CT molecular complexity index is 345. The van der Waals surface area contributed by atoms with Crippen LogP contribution in [0.5, 0.6) is 0 Å². The number of amides is 1. The third-order valence-corrected chi connectivity index (χ3v) is 1.88. The maximum atomic E-state index is 11.1. The second-order valence-corrected chi connectivity index (χ2v) is 2.75. The van der Waals surface area contributed by atoms with E-state index >= 15 is 0 Å². The molecule has 3 N–H and O–H groups in total. The monoisotopic (exact) mass is 176 g/mol. The predicted molar refractivity (Wildman–Crippen MR) is 52.9 cm³/mol. The van der Waals surface area contributed by atoms with Gasteiger partial charge in [0.15, 0.2) is 0 Å². The third-order valence-electron chi connectivity index (χ3n) is 1.88. The standard InChI is InChI=1S/C10H12N2O/c1-3-8-4-5-9(6-7(8)2)10(13)12-11/h3-6H,1,11H2,2H3,(H,12,13). The van der Waals surface area contributed by atoms with Gasteiger partial charge in [-0.05, 0) is 30.2 Å². The van der Waals surface area contributed by atoms with Crippen LogP contribution in [0.2, 0.25) is 0 Å². The van der Waals surface area contributed by atoms with E-state index in [1.165, 1.54) is 0 Å². The van der Waals surface area contributed by atoms with Gasteiger partial charge in [0.1, 0.15) is 0 Å². The SMILES string of the molecule is C=Cc1ccc(C(=O)NN)cc1C. The Hall–Kier alpha value is -1.61. The first-order valence-electron chi connectivity index (χ1n) is 3.93. The Morgan fingerprint density at radius 3 is 2.77 bits per heavy atom. The van der Waals surface area contributed by atoms with Crippen LogP contribution in [0.4, 0.5) is 0 Å². The molecule has 68 valence electrons. The van der Waals surface area contributed by atoms with E-state index in [2.05, 4.69) is 12.0 Å². The smallest absolute Gasteiger partial charge is 0.265 e. The van der Waals surface area contributed by atoms with Crippen molar-refractivity contribution >= 4 is 12.0 Å². The summed E-state index contributed by atoms with van der Waals surface area (Å²) in [6.07, 6.45) is 1.75. The Labute approximate surface area is 77.2 Å². The predicted octanol–water partition coefficient (Wildman–Crippen LogP) is 1.24. The largest absolute Gasteiger partial charge is 0.290 e. The van der Waals surface area contributed by atoms with Crippen LogP contribution in [-0.4, -0.2) is 5.91 Å². The first kappa shape index (κ1) is 9.48. The number of nitrogen functional groups attached to an aromatic ring is 1. The average molecular weight is 176 g/mol. The van der Waals surface area contributed by atoms with Crippen molar-refractivity contribution in [2.45, 2.75) is 6.92 Å². The molecule has 0 aliphatic carbocycles. The van der Waals surface area contributed by atoms with E-state index in [-0.39, 0.29) is 5.91 Å². The molecule has 1 rings (SSSR count). The summed E-state index contributed by atoms with van der Waals surface area (Å²) in [5.74, 6) is 4.73. The number of carbonyl (C=O) groups excluding carboxylic acids is 1. The van der Waals surface area contributed by atoms with Crippen molar-refractivity contribution < 1.29 is 4.79 Å². The van der Waals surface area contributed by atoms with Gasteiger partial charge in [-0.3, -0.25) is 10.2 Å². The van der Waals surface area contributed by atoms with E-state index < -0.39 is 0 Å². The van der Waals surface area contributed by atoms with Crippen molar-refractivity contribution in [3.8, 4) is 0 Å². The molecule has 0 saturated carbocycles. The van der Waals surface area contributed by atoms with Crippen molar-refractivity contribution in [1.82, 2.24) is 5.43 Å². The van der Waals surface area contributed by atoms with Crippen LogP contribution in [-0.2, 0) is 0 Å². The molecule has 0 radical (unpaired) electrons. The zero-order valence-corrected chi connectivity index (χ0v) is 7.50. The fourth-order valence-electron chi connectivity index (χ4n) is 1.13. The molecule has 0 aliphatic heterocycles. The summed E-state index contributed by atoms with van der Waals surface area (Å²) in [6.45, 7) is 5.58. The minimum absolute atomic E-state index is 0.279. The van der Waals surface area contributed by atoms with Crippen molar-refractivity contribution in [3.05, 3.63) is 41.5 Å². The maximum absolute atomic E-state index is 11.1. The zero-order valence-electron chi connectivity index (χ0n) is 7.50. The Morgan fingerprint density at radius 1 is 1.62 bits per heavy atom. The van der Waals surface area contributed by atoms with Crippen LogP contribution < -0.4 is 11.3 Å². The van der Waals surface area contributed by atoms with Crippen molar-refractivity contribution in [1.29, 1.82) is 0 Å². The number of nitrogens with one attached hydrogen (secondary N) is 1. The summed E-state index contributed by atoms with van der Waals surface area (Å²) >= 11 is 0. The van der Waals surface area contributed by atoms with Crippen LogP contribution in [0, 0.1) is 6.92 Å². The van der Waals surface area contributed by atoms with Gasteiger partial charge in [-0.15, -0.1) is 0 Å². The van der Waals surface area contributed by atoms with Gasteiger partial charge in [0.2, 0.25) is 0 Å². The fraction of sp³-hybridized carbons (Fsp3) is 0.100. The Kier molecular flexibility index (Phi) is 2.82. The number of carbonyl (C=O) groups is 1. The molecule has 0 aliphatic rings. The number of hydrogen-bond donors (Lipinski definition) is 2. The molecule has 0 spiro atoms. The van der Waals surface area contributed by atoms with Crippen molar-refractivity contribution in [2.24, 2.45) is 5.84 Å². The fourth-order valence-corrected chi connectivity index (χ4v) is 1.13. The number of nitrogens with two attached hydrogens (primary N) is 1. The van der Waals surface area contributed by atoms with Crippen LogP contribution in [0.25, 0.3) is 6.08 Å². The molecule has 0 fully saturated rings. The highest BCUT2D eigenvalue weighted by molar-refractivity contribution is 5.94. The molecule has 0 aromatic heterocycles. The molecule has 0 saturated heterocycles. The molecule has 3 heteroatoms. The van der Waals surface area contributed by atoms with E-state index in [4.69, 9.17) is 5.84 Å². The minimum atomic E-state index is -0.279. The van der Waals surface area contributed by atoms with Gasteiger partial charge in [0, 0.05) is 5.56 Å². The highest BCUT2D eigenvalue weighted by Gasteiger charge is 2.03. The van der Waals surface area contributed by atoms with Gasteiger partial charge < -0.3 is 0 Å². The molecular formula is C10H12N2O. The van der Waals surface area contributed by atoms with E-state index in [1.54, 1.807) is 18.2 Å². The molecule has 0 atom stereocenters. The number of hydrogen-bond acceptors (Lipinski definition) is 2. The van der Waals surface area contributed by atoms with Gasteiger partial charge in [-0.25, -0.2) is 5.84 Å². The lowest BCUT2D eigenvalue weighted by Gasteiger charge is -2.03. The number of benzene rings is 1. The van der Waals surface area contributed by atoms with E-state index in [1.807, 2.05) is 13.0 Å². The lowest BCUT2D eigenvalue weighted by Crippen LogP contribution is -2.29. The second-order valence-electron chi connectivity index (χ2n) is 2.75. The summed E-state index contributed by atoms with van der Waals surface area (Å²) in [4.78, 5) is 11.1. The molecule has 13 heavy (non-hydrogen) atoms. The van der Waals surface area contributed by atoms with Gasteiger partial charge in [0.05, 0.1) is 0 Å². The Balaban J connectivity index is 3.09. The number of hydrazine groups is 1.